The minimum Gasteiger partial charge on any atom is -0.545 e. The molecule has 0 aliphatic rings. The first-order valence-corrected chi connectivity index (χ1v) is 12.0. The van der Waals surface area contributed by atoms with E-state index in [0.29, 0.717) is 24.5 Å². The van der Waals surface area contributed by atoms with E-state index in [1.54, 1.807) is 36.4 Å². The van der Waals surface area contributed by atoms with Gasteiger partial charge in [-0.25, -0.2) is 8.42 Å². The molecule has 0 aliphatic heterocycles. The molecule has 3 aromatic rings. The summed E-state index contributed by atoms with van der Waals surface area (Å²) in [6.07, 6.45) is -0.0482. The molecule has 0 bridgehead atoms. The van der Waals surface area contributed by atoms with Crippen LogP contribution in [0.2, 0.25) is 5.02 Å². The van der Waals surface area contributed by atoms with E-state index in [1.165, 1.54) is 31.4 Å². The first-order chi connectivity index (χ1) is 15.7. The minimum atomic E-state index is -3.85. The number of benzene rings is 3. The number of sulfone groups is 1. The number of hydrogen-bond donors (Lipinski definition) is 2. The van der Waals surface area contributed by atoms with Crippen molar-refractivity contribution < 1.29 is 57.7 Å². The van der Waals surface area contributed by atoms with Crippen LogP contribution in [0.5, 0.6) is 5.75 Å². The first-order valence-electron chi connectivity index (χ1n) is 10.1. The Morgan fingerprint density at radius 2 is 1.76 bits per heavy atom. The fourth-order valence-corrected chi connectivity index (χ4v) is 4.76. The van der Waals surface area contributed by atoms with Crippen molar-refractivity contribution in [1.29, 1.82) is 0 Å². The molecule has 0 saturated carbocycles. The van der Waals surface area contributed by atoms with Gasteiger partial charge in [0.25, 0.3) is 0 Å². The Labute approximate surface area is 225 Å². The second kappa shape index (κ2) is 12.7. The summed E-state index contributed by atoms with van der Waals surface area (Å²) in [5.41, 5.74) is 1.43. The standard InChI is InChI=1S/C24H24ClNO6S.Na/c1-32-23-14-20(9-10-21(23)24(28)29)33(30,31)19-7-5-16(6-8-19)11-12-26-15-22(27)17-3-2-4-18(25)13-17;/h2-10,13-14,22,26-27H,11-12,15H2,1H3,(H,28,29);/q;+1/p-1/t22-;/m0./s1. The predicted molar refractivity (Wildman–Crippen MR) is 122 cm³/mol. The van der Waals surface area contributed by atoms with Gasteiger partial charge in [0.2, 0.25) is 9.84 Å². The molecule has 174 valence electrons. The zero-order valence-corrected chi connectivity index (χ0v) is 22.4. The summed E-state index contributed by atoms with van der Waals surface area (Å²) in [7, 11) is -2.60. The van der Waals surface area contributed by atoms with E-state index >= 15 is 0 Å². The van der Waals surface area contributed by atoms with Gasteiger partial charge in [-0.1, -0.05) is 35.9 Å². The van der Waals surface area contributed by atoms with Crippen molar-refractivity contribution in [3.63, 3.8) is 0 Å². The van der Waals surface area contributed by atoms with Crippen LogP contribution in [0.1, 0.15) is 27.6 Å². The van der Waals surface area contributed by atoms with Gasteiger partial charge in [-0.2, -0.15) is 0 Å². The van der Waals surface area contributed by atoms with Crippen molar-refractivity contribution in [2.75, 3.05) is 20.2 Å². The van der Waals surface area contributed by atoms with E-state index in [-0.39, 0.29) is 50.7 Å². The van der Waals surface area contributed by atoms with Crippen molar-refractivity contribution in [3.8, 4) is 5.75 Å². The summed E-state index contributed by atoms with van der Waals surface area (Å²) in [4.78, 5) is 11.1. The van der Waals surface area contributed by atoms with Crippen LogP contribution in [0.4, 0.5) is 0 Å². The van der Waals surface area contributed by atoms with E-state index in [2.05, 4.69) is 5.32 Å². The number of ether oxygens (including phenoxy) is 1. The molecular weight excluding hydrogens is 489 g/mol. The molecule has 0 fully saturated rings. The Morgan fingerprint density at radius 3 is 2.38 bits per heavy atom. The van der Waals surface area contributed by atoms with Crippen LogP contribution in [-0.2, 0) is 16.3 Å². The maximum atomic E-state index is 12.9. The fourth-order valence-electron chi connectivity index (χ4n) is 3.28. The van der Waals surface area contributed by atoms with Crippen molar-refractivity contribution in [2.24, 2.45) is 0 Å². The molecule has 3 rings (SSSR count). The minimum absolute atomic E-state index is 0. The summed E-state index contributed by atoms with van der Waals surface area (Å²) in [5.74, 6) is -1.53. The third kappa shape index (κ3) is 7.05. The number of carboxylic acid groups (broad SMARTS) is 1. The summed E-state index contributed by atoms with van der Waals surface area (Å²) in [6, 6.07) is 17.0. The SMILES string of the molecule is COc1cc(S(=O)(=O)c2ccc(CCNC[C@H](O)c3cccc(Cl)c3)cc2)ccc1C(=O)[O-].[Na+]. The second-order valence-corrected chi connectivity index (χ2v) is 9.71. The Bertz CT molecular complexity index is 1230. The molecule has 0 heterocycles. The molecule has 0 amide bonds. The molecule has 10 heteroatoms. The van der Waals surface area contributed by atoms with Gasteiger partial charge in [0.1, 0.15) is 5.75 Å². The number of carboxylic acids is 1. The van der Waals surface area contributed by atoms with Gasteiger partial charge in [-0.15, -0.1) is 0 Å². The Kier molecular flexibility index (Phi) is 10.6. The third-order valence-electron chi connectivity index (χ3n) is 5.10. The fraction of sp³-hybridized carbons (Fsp3) is 0.208. The number of aliphatic hydroxyl groups is 1. The molecular formula is C24H23ClNNaO6S. The van der Waals surface area contributed by atoms with E-state index in [9.17, 15) is 23.4 Å². The van der Waals surface area contributed by atoms with Crippen LogP contribution in [0.15, 0.2) is 76.5 Å². The van der Waals surface area contributed by atoms with Gasteiger partial charge in [0.05, 0.1) is 29.0 Å². The quantitative estimate of drug-likeness (QED) is 0.276. The molecule has 3 aromatic carbocycles. The van der Waals surface area contributed by atoms with E-state index in [0.717, 1.165) is 17.2 Å². The summed E-state index contributed by atoms with van der Waals surface area (Å²) in [5, 5.41) is 25.1. The molecule has 0 radical (unpaired) electrons. The zero-order valence-electron chi connectivity index (χ0n) is 18.8. The average Bonchev–Trinajstić information content (AvgIpc) is 2.81. The van der Waals surface area contributed by atoms with Crippen LogP contribution in [-0.4, -0.2) is 39.7 Å². The molecule has 0 unspecified atom stereocenters. The van der Waals surface area contributed by atoms with Crippen LogP contribution in [0.3, 0.4) is 0 Å². The van der Waals surface area contributed by atoms with Crippen molar-refractivity contribution in [1.82, 2.24) is 5.32 Å². The molecule has 0 aromatic heterocycles. The number of aliphatic hydroxyl groups excluding tert-OH is 1. The second-order valence-electron chi connectivity index (χ2n) is 7.32. The number of methoxy groups -OCH3 is 1. The number of halogens is 1. The molecule has 0 aliphatic carbocycles. The molecule has 34 heavy (non-hydrogen) atoms. The Hall–Kier alpha value is -1.91. The maximum Gasteiger partial charge on any atom is 1.00 e. The number of aromatic carboxylic acids is 1. The molecule has 2 N–H and O–H groups in total. The van der Waals surface area contributed by atoms with Crippen LogP contribution >= 0.6 is 11.6 Å². The van der Waals surface area contributed by atoms with Crippen LogP contribution < -0.4 is 44.7 Å². The summed E-state index contributed by atoms with van der Waals surface area (Å²) in [6.45, 7) is 0.947. The topological polar surface area (TPSA) is 116 Å². The van der Waals surface area contributed by atoms with Gasteiger partial charge in [0, 0.05) is 17.1 Å². The smallest absolute Gasteiger partial charge is 0.545 e. The number of carbonyl (C=O) groups is 1. The van der Waals surface area contributed by atoms with Crippen molar-refractivity contribution in [3.05, 3.63) is 88.4 Å². The van der Waals surface area contributed by atoms with Crippen molar-refractivity contribution in [2.45, 2.75) is 22.3 Å². The Morgan fingerprint density at radius 1 is 1.09 bits per heavy atom. The Balaban J connectivity index is 0.00000408. The van der Waals surface area contributed by atoms with E-state index < -0.39 is 21.9 Å². The monoisotopic (exact) mass is 511 g/mol. The van der Waals surface area contributed by atoms with Gasteiger partial charge in [0.15, 0.2) is 0 Å². The number of rotatable bonds is 10. The number of hydrogen-bond acceptors (Lipinski definition) is 7. The number of carbonyl (C=O) groups excluding carboxylic acids is 1. The molecule has 1 atom stereocenters. The van der Waals surface area contributed by atoms with E-state index in [4.69, 9.17) is 16.3 Å². The number of nitrogens with one attached hydrogen (secondary N) is 1. The van der Waals surface area contributed by atoms with Crippen molar-refractivity contribution >= 4 is 27.4 Å². The largest absolute Gasteiger partial charge is 1.00 e. The van der Waals surface area contributed by atoms with Crippen LogP contribution in [0.25, 0.3) is 0 Å². The maximum absolute atomic E-state index is 12.9. The van der Waals surface area contributed by atoms with Gasteiger partial charge in [-0.05, 0) is 66.6 Å². The normalized spacial score (nSPS) is 12.0. The third-order valence-corrected chi connectivity index (χ3v) is 7.10. The average molecular weight is 512 g/mol. The predicted octanol–water partition coefficient (Wildman–Crippen LogP) is -0.585. The van der Waals surface area contributed by atoms with Gasteiger partial charge in [-0.3, -0.25) is 0 Å². The van der Waals surface area contributed by atoms with E-state index in [1.807, 2.05) is 0 Å². The zero-order chi connectivity index (χ0) is 24.0. The molecule has 0 saturated heterocycles. The van der Waals surface area contributed by atoms with Crippen LogP contribution in [0, 0.1) is 0 Å². The first kappa shape index (κ1) is 28.3. The molecule has 7 nitrogen and oxygen atoms in total. The molecule has 0 spiro atoms. The van der Waals surface area contributed by atoms with Gasteiger partial charge < -0.3 is 25.1 Å². The summed E-state index contributed by atoms with van der Waals surface area (Å²) < 4.78 is 30.8. The van der Waals surface area contributed by atoms with Gasteiger partial charge >= 0.3 is 29.6 Å². The summed E-state index contributed by atoms with van der Waals surface area (Å²) >= 11 is 5.94.